The van der Waals surface area contributed by atoms with Gasteiger partial charge in [-0.25, -0.2) is 0 Å². The Kier molecular flexibility index (Phi) is 60.4. The molecule has 65 heavy (non-hydrogen) atoms. The van der Waals surface area contributed by atoms with Gasteiger partial charge in [-0.1, -0.05) is 327 Å². The number of aliphatic hydroxyl groups is 1. The second-order valence-corrected chi connectivity index (χ2v) is 21.1. The number of carbonyl (C=O) groups is 1. The van der Waals surface area contributed by atoms with Crippen LogP contribution in [0.1, 0.15) is 366 Å². The van der Waals surface area contributed by atoms with Gasteiger partial charge in [0.1, 0.15) is 0 Å². The van der Waals surface area contributed by atoms with Gasteiger partial charge in [-0.15, -0.1) is 0 Å². The highest BCUT2D eigenvalue weighted by Gasteiger charge is 2.03. The van der Waals surface area contributed by atoms with Gasteiger partial charge in [0, 0.05) is 13.0 Å². The first-order valence-corrected chi connectivity index (χ1v) is 30.7. The Bertz CT molecular complexity index is 868. The lowest BCUT2D eigenvalue weighted by atomic mass is 10.0. The molecule has 0 aliphatic carbocycles. The van der Waals surface area contributed by atoms with E-state index >= 15 is 0 Å². The minimum atomic E-state index is 0.0298. The van der Waals surface area contributed by atoms with Crippen molar-refractivity contribution in [2.75, 3.05) is 13.2 Å². The summed E-state index contributed by atoms with van der Waals surface area (Å²) in [5.41, 5.74) is 0. The molecule has 0 heterocycles. The smallest absolute Gasteiger partial charge is 0.305 e. The quantitative estimate of drug-likeness (QED) is 0.0376. The molecule has 0 rings (SSSR count). The minimum Gasteiger partial charge on any atom is -0.466 e. The highest BCUT2D eigenvalue weighted by molar-refractivity contribution is 5.69. The molecule has 0 aromatic rings. The number of allylic oxidation sites excluding steroid dienone is 2. The highest BCUT2D eigenvalue weighted by Crippen LogP contribution is 2.19. The van der Waals surface area contributed by atoms with E-state index in [2.05, 4.69) is 19.1 Å². The van der Waals surface area contributed by atoms with Crippen LogP contribution in [0.3, 0.4) is 0 Å². The first-order chi connectivity index (χ1) is 32.3. The third kappa shape index (κ3) is 61.2. The van der Waals surface area contributed by atoms with Crippen molar-refractivity contribution < 1.29 is 14.6 Å². The Morgan fingerprint density at radius 2 is 0.508 bits per heavy atom. The average Bonchev–Trinajstić information content (AvgIpc) is 3.31. The fraction of sp³-hybridized carbons (Fsp3) is 0.952. The van der Waals surface area contributed by atoms with Crippen molar-refractivity contribution in [3.63, 3.8) is 0 Å². The fourth-order valence-corrected chi connectivity index (χ4v) is 9.88. The molecule has 0 aliphatic rings. The molecule has 0 radical (unpaired) electrons. The van der Waals surface area contributed by atoms with Crippen LogP contribution in [0.4, 0.5) is 0 Å². The summed E-state index contributed by atoms with van der Waals surface area (Å²) in [6.07, 6.45) is 81.4. The number of hydrogen-bond donors (Lipinski definition) is 1. The molecule has 3 nitrogen and oxygen atoms in total. The van der Waals surface area contributed by atoms with E-state index in [1.165, 1.54) is 334 Å². The Morgan fingerprint density at radius 3 is 0.769 bits per heavy atom. The Hall–Kier alpha value is -0.830. The van der Waals surface area contributed by atoms with Crippen molar-refractivity contribution in [3.8, 4) is 0 Å². The molecule has 0 aromatic heterocycles. The molecule has 388 valence electrons. The van der Waals surface area contributed by atoms with Gasteiger partial charge in [-0.3, -0.25) is 4.79 Å². The van der Waals surface area contributed by atoms with Crippen LogP contribution in [0, 0.1) is 0 Å². The molecule has 0 fully saturated rings. The predicted molar refractivity (Wildman–Crippen MR) is 291 cm³/mol. The van der Waals surface area contributed by atoms with Crippen molar-refractivity contribution in [3.05, 3.63) is 12.2 Å². The third-order valence-electron chi connectivity index (χ3n) is 14.5. The van der Waals surface area contributed by atoms with E-state index < -0.39 is 0 Å². The van der Waals surface area contributed by atoms with Crippen molar-refractivity contribution in [2.45, 2.75) is 366 Å². The van der Waals surface area contributed by atoms with Gasteiger partial charge < -0.3 is 9.84 Å². The molecule has 0 unspecified atom stereocenters. The zero-order chi connectivity index (χ0) is 46.7. The summed E-state index contributed by atoms with van der Waals surface area (Å²) in [5, 5.41) is 8.83. The normalized spacial score (nSPS) is 11.7. The van der Waals surface area contributed by atoms with Crippen molar-refractivity contribution >= 4 is 5.97 Å². The lowest BCUT2D eigenvalue weighted by Gasteiger charge is -2.06. The number of ether oxygens (including phenoxy) is 1. The van der Waals surface area contributed by atoms with Crippen molar-refractivity contribution in [1.29, 1.82) is 0 Å². The maximum atomic E-state index is 12.1. The second kappa shape index (κ2) is 61.2. The van der Waals surface area contributed by atoms with E-state index in [1.54, 1.807) is 0 Å². The van der Waals surface area contributed by atoms with Crippen LogP contribution in [0.25, 0.3) is 0 Å². The van der Waals surface area contributed by atoms with Gasteiger partial charge >= 0.3 is 5.97 Å². The molecule has 0 saturated carbocycles. The van der Waals surface area contributed by atoms with Crippen molar-refractivity contribution in [1.82, 2.24) is 0 Å². The standard InChI is InChI=1S/C62H122O3/c1-2-3-4-5-6-7-8-9-10-11-12-29-32-35-38-41-44-47-50-53-56-59-62(64)65-61-58-55-52-49-46-43-40-37-34-31-28-26-24-22-20-18-16-14-13-15-17-19-21-23-25-27-30-33-36-39-42-45-48-51-54-57-60-63/h9-10,63H,2-8,11-61H2,1H3. The first kappa shape index (κ1) is 64.2. The van der Waals surface area contributed by atoms with Crippen LogP contribution in [-0.2, 0) is 9.53 Å². The Balaban J connectivity index is 3.15. The summed E-state index contributed by atoms with van der Waals surface area (Å²) in [5.74, 6) is 0.0298. The summed E-state index contributed by atoms with van der Waals surface area (Å²) in [6, 6.07) is 0. The van der Waals surface area contributed by atoms with Crippen LogP contribution in [0.15, 0.2) is 12.2 Å². The van der Waals surface area contributed by atoms with E-state index in [0.717, 1.165) is 19.3 Å². The molecule has 0 amide bonds. The summed E-state index contributed by atoms with van der Waals surface area (Å²) < 4.78 is 5.51. The van der Waals surface area contributed by atoms with Crippen molar-refractivity contribution in [2.24, 2.45) is 0 Å². The van der Waals surface area contributed by atoms with E-state index in [1.807, 2.05) is 0 Å². The first-order valence-electron chi connectivity index (χ1n) is 30.7. The predicted octanol–water partition coefficient (Wildman–Crippen LogP) is 21.9. The van der Waals surface area contributed by atoms with Crippen LogP contribution in [0.5, 0.6) is 0 Å². The van der Waals surface area contributed by atoms with E-state index in [-0.39, 0.29) is 5.97 Å². The lowest BCUT2D eigenvalue weighted by molar-refractivity contribution is -0.143. The minimum absolute atomic E-state index is 0.0298. The number of hydrogen-bond acceptors (Lipinski definition) is 3. The van der Waals surface area contributed by atoms with Gasteiger partial charge in [-0.2, -0.15) is 0 Å². The molecule has 0 aromatic carbocycles. The summed E-state index contributed by atoms with van der Waals surface area (Å²) in [7, 11) is 0. The molecular weight excluding hydrogens is 793 g/mol. The summed E-state index contributed by atoms with van der Waals surface area (Å²) >= 11 is 0. The van der Waals surface area contributed by atoms with Gasteiger partial charge in [0.2, 0.25) is 0 Å². The molecule has 0 atom stereocenters. The Labute approximate surface area is 410 Å². The molecular formula is C62H122O3. The second-order valence-electron chi connectivity index (χ2n) is 21.1. The highest BCUT2D eigenvalue weighted by atomic mass is 16.5. The van der Waals surface area contributed by atoms with Crippen LogP contribution >= 0.6 is 0 Å². The summed E-state index contributed by atoms with van der Waals surface area (Å²) in [6.45, 7) is 3.29. The largest absolute Gasteiger partial charge is 0.466 e. The number of carbonyl (C=O) groups excluding carboxylic acids is 1. The molecule has 0 aliphatic heterocycles. The zero-order valence-corrected chi connectivity index (χ0v) is 44.9. The van der Waals surface area contributed by atoms with Gasteiger partial charge in [0.15, 0.2) is 0 Å². The van der Waals surface area contributed by atoms with E-state index in [0.29, 0.717) is 19.6 Å². The summed E-state index contributed by atoms with van der Waals surface area (Å²) in [4.78, 5) is 12.1. The number of rotatable bonds is 59. The number of esters is 1. The van der Waals surface area contributed by atoms with Crippen LogP contribution in [-0.4, -0.2) is 24.3 Å². The Morgan fingerprint density at radius 1 is 0.292 bits per heavy atom. The molecule has 3 heteroatoms. The maximum absolute atomic E-state index is 12.1. The molecule has 1 N–H and O–H groups in total. The third-order valence-corrected chi connectivity index (χ3v) is 14.5. The van der Waals surface area contributed by atoms with E-state index in [9.17, 15) is 4.79 Å². The topological polar surface area (TPSA) is 46.5 Å². The van der Waals surface area contributed by atoms with Crippen LogP contribution < -0.4 is 0 Å². The van der Waals surface area contributed by atoms with Crippen LogP contribution in [0.2, 0.25) is 0 Å². The molecule has 0 saturated heterocycles. The van der Waals surface area contributed by atoms with Gasteiger partial charge in [0.05, 0.1) is 6.61 Å². The number of aliphatic hydroxyl groups excluding tert-OH is 1. The lowest BCUT2D eigenvalue weighted by Crippen LogP contribution is -2.05. The maximum Gasteiger partial charge on any atom is 0.305 e. The SMILES string of the molecule is CCCCCCCCC=CCCCCCCCCCCCCCC(=O)OCCCCCCCCCCCCCCCCCCCCCCCCCCCCCCCCCCCCCCO. The number of unbranched alkanes of at least 4 members (excludes halogenated alkanes) is 52. The molecule has 0 bridgehead atoms. The van der Waals surface area contributed by atoms with Gasteiger partial charge in [0.25, 0.3) is 0 Å². The van der Waals surface area contributed by atoms with Gasteiger partial charge in [-0.05, 0) is 44.9 Å². The van der Waals surface area contributed by atoms with E-state index in [4.69, 9.17) is 9.84 Å². The fourth-order valence-electron chi connectivity index (χ4n) is 9.88. The monoisotopic (exact) mass is 915 g/mol. The molecule has 0 spiro atoms. The zero-order valence-electron chi connectivity index (χ0n) is 44.9. The average molecular weight is 916 g/mol.